The first kappa shape index (κ1) is 15.6. The third kappa shape index (κ3) is 3.09. The minimum Gasteiger partial charge on any atom is -0.229 e. The Bertz CT molecular complexity index is 521. The second-order valence-corrected chi connectivity index (χ2v) is 8.45. The molecule has 102 valence electrons. The molecule has 0 amide bonds. The van der Waals surface area contributed by atoms with Gasteiger partial charge < -0.3 is 0 Å². The predicted octanol–water partition coefficient (Wildman–Crippen LogP) is 3.09. The molecule has 0 spiro atoms. The van der Waals surface area contributed by atoms with Gasteiger partial charge in [-0.2, -0.15) is 0 Å². The highest BCUT2D eigenvalue weighted by Gasteiger charge is 2.38. The predicted molar refractivity (Wildman–Crippen MR) is 71.7 cm³/mol. The number of rotatable bonds is 4. The van der Waals surface area contributed by atoms with E-state index < -0.39 is 31.0 Å². The molecule has 0 saturated carbocycles. The fraction of sp³-hybridized carbons (Fsp3) is 0.500. The third-order valence-corrected chi connectivity index (χ3v) is 7.12. The first-order valence-corrected chi connectivity index (χ1v) is 8.14. The maximum Gasteiger partial charge on any atom is 0.153 e. The van der Waals surface area contributed by atoms with Gasteiger partial charge >= 0.3 is 0 Å². The zero-order valence-electron chi connectivity index (χ0n) is 10.4. The summed E-state index contributed by atoms with van der Waals surface area (Å²) in [5.41, 5.74) is -0.101. The Balaban J connectivity index is 3.06. The largest absolute Gasteiger partial charge is 0.229 e. The Labute approximate surface area is 114 Å². The summed E-state index contributed by atoms with van der Waals surface area (Å²) >= 11 is 3.23. The van der Waals surface area contributed by atoms with E-state index >= 15 is 0 Å². The van der Waals surface area contributed by atoms with Crippen LogP contribution in [0.2, 0.25) is 0 Å². The van der Waals surface area contributed by atoms with Crippen LogP contribution in [0.1, 0.15) is 19.4 Å². The molecule has 1 rings (SSSR count). The molecule has 0 bridgehead atoms. The van der Waals surface area contributed by atoms with Gasteiger partial charge in [0.25, 0.3) is 0 Å². The van der Waals surface area contributed by atoms with Gasteiger partial charge in [-0.15, -0.1) is 0 Å². The van der Waals surface area contributed by atoms with Gasteiger partial charge in [0.2, 0.25) is 0 Å². The molecule has 1 aromatic rings. The standard InChI is InChI=1S/C12H15BrF2O2S/c1-12(2,18(3,16)17)11(13)7-8-9(14)5-4-6-10(8)15/h4-6,11H,7H2,1-3H3. The topological polar surface area (TPSA) is 34.1 Å². The van der Waals surface area contributed by atoms with E-state index in [2.05, 4.69) is 15.9 Å². The number of alkyl halides is 1. The van der Waals surface area contributed by atoms with E-state index in [0.29, 0.717) is 0 Å². The average molecular weight is 341 g/mol. The number of hydrogen-bond acceptors (Lipinski definition) is 2. The summed E-state index contributed by atoms with van der Waals surface area (Å²) in [6, 6.07) is 3.59. The average Bonchev–Trinajstić information content (AvgIpc) is 2.21. The van der Waals surface area contributed by atoms with Crippen molar-refractivity contribution < 1.29 is 17.2 Å². The van der Waals surface area contributed by atoms with Gasteiger partial charge in [0.15, 0.2) is 9.84 Å². The van der Waals surface area contributed by atoms with Crippen molar-refractivity contribution in [2.24, 2.45) is 0 Å². The molecular weight excluding hydrogens is 326 g/mol. The van der Waals surface area contributed by atoms with Crippen molar-refractivity contribution >= 4 is 25.8 Å². The monoisotopic (exact) mass is 340 g/mol. The van der Waals surface area contributed by atoms with Gasteiger partial charge in [-0.05, 0) is 32.4 Å². The summed E-state index contributed by atoms with van der Waals surface area (Å²) in [6.45, 7) is 3.06. The van der Waals surface area contributed by atoms with Crippen molar-refractivity contribution in [1.82, 2.24) is 0 Å². The van der Waals surface area contributed by atoms with Gasteiger partial charge in [0.05, 0.1) is 4.75 Å². The van der Waals surface area contributed by atoms with Crippen LogP contribution in [0, 0.1) is 11.6 Å². The molecule has 1 unspecified atom stereocenters. The lowest BCUT2D eigenvalue weighted by molar-refractivity contribution is 0.519. The zero-order chi connectivity index (χ0) is 14.1. The first-order chi connectivity index (χ1) is 8.07. The van der Waals surface area contributed by atoms with Crippen LogP contribution < -0.4 is 0 Å². The van der Waals surface area contributed by atoms with E-state index in [1.807, 2.05) is 0 Å². The number of halogens is 3. The molecule has 0 heterocycles. The minimum atomic E-state index is -3.34. The maximum absolute atomic E-state index is 13.5. The van der Waals surface area contributed by atoms with E-state index in [-0.39, 0.29) is 12.0 Å². The van der Waals surface area contributed by atoms with Crippen LogP contribution in [0.15, 0.2) is 18.2 Å². The summed E-state index contributed by atoms with van der Waals surface area (Å²) in [5, 5.41) is 0. The minimum absolute atomic E-state index is 0.0292. The Hall–Kier alpha value is -0.490. The number of hydrogen-bond donors (Lipinski definition) is 0. The molecule has 6 heteroatoms. The molecule has 0 N–H and O–H groups in total. The molecule has 2 nitrogen and oxygen atoms in total. The van der Waals surface area contributed by atoms with E-state index in [1.165, 1.54) is 19.9 Å². The SMILES string of the molecule is CC(C)(C(Br)Cc1c(F)cccc1F)S(C)(=O)=O. The van der Waals surface area contributed by atoms with E-state index in [0.717, 1.165) is 18.4 Å². The molecule has 18 heavy (non-hydrogen) atoms. The van der Waals surface area contributed by atoms with E-state index in [1.54, 1.807) is 0 Å². The van der Waals surface area contributed by atoms with Crippen LogP contribution in [0.4, 0.5) is 8.78 Å². The van der Waals surface area contributed by atoms with E-state index in [4.69, 9.17) is 0 Å². The lowest BCUT2D eigenvalue weighted by Crippen LogP contribution is -2.41. The highest BCUT2D eigenvalue weighted by Crippen LogP contribution is 2.30. The summed E-state index contributed by atoms with van der Waals surface area (Å²) in [7, 11) is -3.34. The molecule has 1 atom stereocenters. The van der Waals surface area contributed by atoms with Crippen molar-refractivity contribution in [2.45, 2.75) is 29.8 Å². The van der Waals surface area contributed by atoms with Gasteiger partial charge in [-0.25, -0.2) is 17.2 Å². The van der Waals surface area contributed by atoms with Gasteiger partial charge in [-0.1, -0.05) is 22.0 Å². The third-order valence-electron chi connectivity index (χ3n) is 3.16. The highest BCUT2D eigenvalue weighted by molar-refractivity contribution is 9.09. The fourth-order valence-electron chi connectivity index (χ4n) is 1.38. The number of benzene rings is 1. The summed E-state index contributed by atoms with van der Waals surface area (Å²) < 4.78 is 49.1. The molecule has 0 aliphatic rings. The summed E-state index contributed by atoms with van der Waals surface area (Å²) in [5.74, 6) is -1.33. The van der Waals surface area contributed by atoms with Crippen LogP contribution in [0.3, 0.4) is 0 Å². The number of sulfone groups is 1. The van der Waals surface area contributed by atoms with Gasteiger partial charge in [0.1, 0.15) is 11.6 Å². The molecule has 0 fully saturated rings. The van der Waals surface area contributed by atoms with Crippen molar-refractivity contribution in [3.05, 3.63) is 35.4 Å². The smallest absolute Gasteiger partial charge is 0.153 e. The second kappa shape index (κ2) is 5.25. The Morgan fingerprint density at radius 1 is 1.28 bits per heavy atom. The summed E-state index contributed by atoms with van der Waals surface area (Å²) in [4.78, 5) is -0.577. The molecule has 0 aromatic heterocycles. The molecule has 0 aliphatic heterocycles. The Kier molecular flexibility index (Phi) is 4.54. The van der Waals surface area contributed by atoms with Crippen LogP contribution in [0.25, 0.3) is 0 Å². The molecule has 1 aromatic carbocycles. The van der Waals surface area contributed by atoms with Crippen molar-refractivity contribution in [3.63, 3.8) is 0 Å². The quantitative estimate of drug-likeness (QED) is 0.789. The Morgan fingerprint density at radius 2 is 1.72 bits per heavy atom. The van der Waals surface area contributed by atoms with Crippen LogP contribution >= 0.6 is 15.9 Å². The lowest BCUT2D eigenvalue weighted by atomic mass is 10.0. The van der Waals surface area contributed by atoms with Crippen LogP contribution in [0.5, 0.6) is 0 Å². The van der Waals surface area contributed by atoms with Gasteiger partial charge in [0, 0.05) is 16.6 Å². The molecular formula is C12H15BrF2O2S. The second-order valence-electron chi connectivity index (χ2n) is 4.75. The normalized spacial score (nSPS) is 14.6. The van der Waals surface area contributed by atoms with Crippen molar-refractivity contribution in [2.75, 3.05) is 6.26 Å². The first-order valence-electron chi connectivity index (χ1n) is 5.34. The molecule has 0 aliphatic carbocycles. The molecule has 0 radical (unpaired) electrons. The summed E-state index contributed by atoms with van der Waals surface area (Å²) in [6.07, 6.45) is 1.08. The van der Waals surface area contributed by atoms with Gasteiger partial charge in [-0.3, -0.25) is 0 Å². The maximum atomic E-state index is 13.5. The Morgan fingerprint density at radius 3 is 2.11 bits per heavy atom. The zero-order valence-corrected chi connectivity index (χ0v) is 12.8. The molecule has 0 saturated heterocycles. The fourth-order valence-corrected chi connectivity index (χ4v) is 3.27. The van der Waals surface area contributed by atoms with E-state index in [9.17, 15) is 17.2 Å². The van der Waals surface area contributed by atoms with Crippen LogP contribution in [-0.2, 0) is 16.3 Å². The lowest BCUT2D eigenvalue weighted by Gasteiger charge is -2.28. The van der Waals surface area contributed by atoms with Crippen molar-refractivity contribution in [1.29, 1.82) is 0 Å². The van der Waals surface area contributed by atoms with Crippen molar-refractivity contribution in [3.8, 4) is 0 Å². The van der Waals surface area contributed by atoms with Crippen LogP contribution in [-0.4, -0.2) is 24.2 Å². The highest BCUT2D eigenvalue weighted by atomic mass is 79.9.